The second-order valence-electron chi connectivity index (χ2n) is 27.7. The van der Waals surface area contributed by atoms with Crippen LogP contribution in [0.5, 0.6) is 34.5 Å². The van der Waals surface area contributed by atoms with Gasteiger partial charge in [-0.05, 0) is 234 Å². The van der Waals surface area contributed by atoms with E-state index in [9.17, 15) is 0 Å². The van der Waals surface area contributed by atoms with Crippen molar-refractivity contribution in [1.82, 2.24) is 0 Å². The van der Waals surface area contributed by atoms with Gasteiger partial charge in [-0.15, -0.1) is 0 Å². The van der Waals surface area contributed by atoms with Crippen molar-refractivity contribution in [3.63, 3.8) is 0 Å². The Labute approximate surface area is 630 Å². The lowest BCUT2D eigenvalue weighted by molar-refractivity contribution is -0.225. The molecule has 7 aromatic rings. The van der Waals surface area contributed by atoms with Gasteiger partial charge < -0.3 is 56.8 Å². The first-order valence-corrected chi connectivity index (χ1v) is 38.0. The average Bonchev–Trinajstić information content (AvgIpc) is 0.750. The van der Waals surface area contributed by atoms with Crippen molar-refractivity contribution in [3.8, 4) is 34.5 Å². The van der Waals surface area contributed by atoms with E-state index in [1.807, 2.05) is 223 Å². The second kappa shape index (κ2) is 47.2. The van der Waals surface area contributed by atoms with Crippen LogP contribution >= 0.6 is 0 Å². The zero-order valence-electron chi connectivity index (χ0n) is 64.0. The van der Waals surface area contributed by atoms with Crippen LogP contribution in [0, 0.1) is 23.7 Å². The van der Waals surface area contributed by atoms with Crippen LogP contribution in [-0.2, 0) is 34.8 Å². The highest BCUT2D eigenvalue weighted by Gasteiger charge is 2.52. The molecule has 6 aliphatic carbocycles. The van der Waals surface area contributed by atoms with Gasteiger partial charge in [-0.2, -0.15) is 0 Å². The molecule has 0 heterocycles. The summed E-state index contributed by atoms with van der Waals surface area (Å²) in [5.74, 6) is 8.58. The topological polar surface area (TPSA) is 111 Å². The minimum absolute atomic E-state index is 0.106. The molecule has 4 bridgehead atoms. The number of hydrogen-bond donors (Lipinski definition) is 0. The van der Waals surface area contributed by atoms with Crippen molar-refractivity contribution < 1.29 is 56.8 Å². The number of rotatable bonds is 32. The van der Waals surface area contributed by atoms with Crippen LogP contribution in [0.4, 0.5) is 0 Å². The van der Waals surface area contributed by atoms with E-state index in [0.717, 1.165) is 105 Å². The van der Waals surface area contributed by atoms with Gasteiger partial charge in [0.15, 0.2) is 38.2 Å². The van der Waals surface area contributed by atoms with Crippen LogP contribution in [0.15, 0.2) is 215 Å². The molecule has 6 fully saturated rings. The lowest BCUT2D eigenvalue weighted by atomic mass is 9.54. The Morgan fingerprint density at radius 3 is 1.10 bits per heavy atom. The van der Waals surface area contributed by atoms with Crippen LogP contribution in [0.3, 0.4) is 0 Å². The number of methoxy groups -OCH3 is 2. The monoisotopic (exact) mass is 1430 g/mol. The zero-order valence-corrected chi connectivity index (χ0v) is 64.0. The molecule has 6 saturated carbocycles. The first-order chi connectivity index (χ1) is 51.1. The van der Waals surface area contributed by atoms with Gasteiger partial charge in [0.2, 0.25) is 0 Å². The van der Waals surface area contributed by atoms with E-state index in [4.69, 9.17) is 56.8 Å². The molecule has 13 rings (SSSR count). The third-order valence-corrected chi connectivity index (χ3v) is 19.4. The highest BCUT2D eigenvalue weighted by molar-refractivity contribution is 5.52. The van der Waals surface area contributed by atoms with Crippen LogP contribution in [-0.4, -0.2) is 77.4 Å². The molecule has 0 aliphatic heterocycles. The molecule has 12 heteroatoms. The van der Waals surface area contributed by atoms with E-state index in [-0.39, 0.29) is 43.8 Å². The van der Waals surface area contributed by atoms with E-state index in [2.05, 4.69) is 51.6 Å². The summed E-state index contributed by atoms with van der Waals surface area (Å²) in [6, 6.07) is 57.3. The Kier molecular flexibility index (Phi) is 37.7. The van der Waals surface area contributed by atoms with Crippen molar-refractivity contribution in [1.29, 1.82) is 0 Å². The first-order valence-electron chi connectivity index (χ1n) is 38.0. The zero-order chi connectivity index (χ0) is 74.9. The maximum Gasteiger partial charge on any atom is 0.197 e. The van der Waals surface area contributed by atoms with Crippen LogP contribution in [0.25, 0.3) is 36.5 Å². The Balaban J connectivity index is 0.000000178. The standard InChI is InChI=1S/C20H26O2.C18H26O2.C18H20O2.C16H22O2.C11H14O2.C10H12O2/c1-3-15-4-6-19(7-5-15)21-14(2)22-20-11-16-8-17(12-20)10-18(9-16)13-20;2*1-3-16-9-11-18(12-10-16)20-15(2)19-14-13-17-7-5-4-6-8-17;1-3-14-9-11-16(12-10-14)18-13(2)17-15-7-5-4-6-8-15;1-4-10-5-7-11(8-6-10)13-9(2)12-3;1-3-9-4-6-10(7-5-9)12-8-11-2/h3-7,14,16-18H,1,8-13H2,2H3;3,9-12,15,17H,1,4-8,13-14H2,2H3;3-12,15H,1,13-14H2,2H3;3,9-13,15H,1,4-8H2,2H3;4-9H,1H2,2-3H3;3-7H,1,8H2,2H3. The van der Waals surface area contributed by atoms with Gasteiger partial charge >= 0.3 is 0 Å². The second-order valence-corrected chi connectivity index (χ2v) is 27.7. The van der Waals surface area contributed by atoms with Gasteiger partial charge in [0.05, 0.1) is 24.9 Å². The van der Waals surface area contributed by atoms with Crippen molar-refractivity contribution >= 4 is 36.5 Å². The lowest BCUT2D eigenvalue weighted by Crippen LogP contribution is -2.53. The number of ether oxygens (including phenoxy) is 12. The maximum absolute atomic E-state index is 6.47. The van der Waals surface area contributed by atoms with Gasteiger partial charge in [0.1, 0.15) is 34.5 Å². The molecule has 0 amide bonds. The van der Waals surface area contributed by atoms with Gasteiger partial charge in [-0.1, -0.05) is 230 Å². The molecule has 0 aromatic heterocycles. The smallest absolute Gasteiger partial charge is 0.197 e. The fraction of sp³-hybridized carbons (Fsp3) is 0.419. The fourth-order valence-electron chi connectivity index (χ4n) is 14.2. The van der Waals surface area contributed by atoms with E-state index in [1.165, 1.54) is 115 Å². The van der Waals surface area contributed by atoms with E-state index >= 15 is 0 Å². The third-order valence-electron chi connectivity index (χ3n) is 19.4. The van der Waals surface area contributed by atoms with Crippen LogP contribution in [0.1, 0.15) is 183 Å². The summed E-state index contributed by atoms with van der Waals surface area (Å²) in [5, 5.41) is 0. The predicted molar refractivity (Wildman–Crippen MR) is 432 cm³/mol. The molecule has 5 unspecified atom stereocenters. The van der Waals surface area contributed by atoms with Gasteiger partial charge in [0.25, 0.3) is 0 Å². The summed E-state index contributed by atoms with van der Waals surface area (Å²) in [4.78, 5) is 0. The molecular weight excluding hydrogens is 1310 g/mol. The quantitative estimate of drug-likeness (QED) is 0.0374. The average molecular weight is 1430 g/mol. The minimum Gasteiger partial charge on any atom is -0.468 e. The molecular formula is C93H120O12. The fourth-order valence-corrected chi connectivity index (χ4v) is 14.2. The highest BCUT2D eigenvalue weighted by atomic mass is 16.7. The third kappa shape index (κ3) is 32.0. The van der Waals surface area contributed by atoms with Crippen molar-refractivity contribution in [2.24, 2.45) is 23.7 Å². The Hall–Kier alpha value is -8.46. The summed E-state index contributed by atoms with van der Waals surface area (Å²) in [6.07, 6.45) is 33.6. The SMILES string of the molecule is C=Cc1ccc(OC(C)OC)cc1.C=Cc1ccc(OC(C)OC23CC4CC(CC(C4)C2)C3)cc1.C=Cc1ccc(OC(C)OC2CCCCC2)cc1.C=Cc1ccc(OC(C)OCCC2CCCCC2)cc1.C=Cc1ccc(OC(C)OCCc2ccccc2)cc1.C=Cc1ccc(OCOC)cc1. The van der Waals surface area contributed by atoms with Crippen molar-refractivity contribution in [3.05, 3.63) is 254 Å². The molecule has 0 spiro atoms. The predicted octanol–water partition coefficient (Wildman–Crippen LogP) is 23.8. The molecule has 7 aromatic carbocycles. The summed E-state index contributed by atoms with van der Waals surface area (Å²) in [5.41, 5.74) is 7.94. The number of hydrogen-bond acceptors (Lipinski definition) is 12. The minimum atomic E-state index is -0.256. The van der Waals surface area contributed by atoms with Crippen LogP contribution < -0.4 is 28.4 Å². The van der Waals surface area contributed by atoms with Gasteiger partial charge in [-0.3, -0.25) is 0 Å². The summed E-state index contributed by atoms with van der Waals surface area (Å²) < 4.78 is 67.3. The number of benzene rings is 7. The Morgan fingerprint density at radius 2 is 0.724 bits per heavy atom. The molecule has 0 N–H and O–H groups in total. The Bertz CT molecular complexity index is 3490. The molecule has 0 radical (unpaired) electrons. The van der Waals surface area contributed by atoms with E-state index in [0.29, 0.717) is 12.7 Å². The first kappa shape index (κ1) is 83.8. The van der Waals surface area contributed by atoms with Crippen LogP contribution in [0.2, 0.25) is 0 Å². The van der Waals surface area contributed by atoms with Gasteiger partial charge in [0, 0.05) is 14.2 Å². The normalized spacial score (nSPS) is 19.1. The molecule has 6 aliphatic rings. The summed E-state index contributed by atoms with van der Waals surface area (Å²) in [7, 11) is 3.21. The maximum atomic E-state index is 6.47. The van der Waals surface area contributed by atoms with E-state index < -0.39 is 0 Å². The summed E-state index contributed by atoms with van der Waals surface area (Å²) in [6.45, 7) is 33.8. The molecule has 564 valence electrons. The Morgan fingerprint density at radius 1 is 0.381 bits per heavy atom. The van der Waals surface area contributed by atoms with Crippen molar-refractivity contribution in [2.45, 2.75) is 193 Å². The molecule has 5 atom stereocenters. The molecule has 105 heavy (non-hydrogen) atoms. The summed E-state index contributed by atoms with van der Waals surface area (Å²) >= 11 is 0. The molecule has 0 saturated heterocycles. The van der Waals surface area contributed by atoms with E-state index in [1.54, 1.807) is 26.4 Å². The largest absolute Gasteiger partial charge is 0.468 e. The van der Waals surface area contributed by atoms with Crippen molar-refractivity contribution in [2.75, 3.05) is 34.2 Å². The highest BCUT2D eigenvalue weighted by Crippen LogP contribution is 2.57. The lowest BCUT2D eigenvalue weighted by Gasteiger charge is -2.56. The van der Waals surface area contributed by atoms with Gasteiger partial charge in [-0.25, -0.2) is 0 Å². The molecule has 12 nitrogen and oxygen atoms in total.